The van der Waals surface area contributed by atoms with E-state index in [9.17, 15) is 4.79 Å². The molecule has 2 aromatic carbocycles. The summed E-state index contributed by atoms with van der Waals surface area (Å²) >= 11 is 0. The third kappa shape index (κ3) is 4.04. The van der Waals surface area contributed by atoms with Crippen LogP contribution in [0.4, 0.5) is 0 Å². The molecule has 1 aliphatic rings. The molecule has 0 saturated heterocycles. The molecule has 0 heterocycles. The SMILES string of the molecule is C/C=C(\C=[NH2+])C(=O)NCCC(CC)=C1c2ccccc2C=Cc2ccccc21. The van der Waals surface area contributed by atoms with Crippen molar-refractivity contribution in [3.63, 3.8) is 0 Å². The maximum Gasteiger partial charge on any atom is 0.256 e. The van der Waals surface area contributed by atoms with Crippen LogP contribution in [0.5, 0.6) is 0 Å². The number of amides is 1. The first-order valence-corrected chi connectivity index (χ1v) is 9.78. The van der Waals surface area contributed by atoms with Crippen molar-refractivity contribution in [1.29, 1.82) is 0 Å². The topological polar surface area (TPSA) is 54.7 Å². The number of nitrogens with two attached hydrogens (primary N) is 1. The number of rotatable bonds is 6. The molecule has 0 bridgehead atoms. The average Bonchev–Trinajstić information content (AvgIpc) is 2.89. The van der Waals surface area contributed by atoms with Crippen molar-refractivity contribution in [2.24, 2.45) is 0 Å². The van der Waals surface area contributed by atoms with Gasteiger partial charge in [-0.3, -0.25) is 10.2 Å². The van der Waals surface area contributed by atoms with Gasteiger partial charge < -0.3 is 5.32 Å². The molecule has 0 spiro atoms. The van der Waals surface area contributed by atoms with Crippen molar-refractivity contribution in [2.45, 2.75) is 26.7 Å². The molecule has 0 radical (unpaired) electrons. The van der Waals surface area contributed by atoms with E-state index in [4.69, 9.17) is 5.41 Å². The van der Waals surface area contributed by atoms with E-state index < -0.39 is 0 Å². The van der Waals surface area contributed by atoms with Gasteiger partial charge in [0.15, 0.2) is 6.21 Å². The molecule has 3 N–H and O–H groups in total. The van der Waals surface area contributed by atoms with Crippen LogP contribution in [0.1, 0.15) is 48.9 Å². The van der Waals surface area contributed by atoms with E-state index in [1.807, 2.05) is 6.92 Å². The summed E-state index contributed by atoms with van der Waals surface area (Å²) in [5.74, 6) is -0.131. The van der Waals surface area contributed by atoms with Crippen LogP contribution in [-0.4, -0.2) is 18.7 Å². The third-order valence-corrected chi connectivity index (χ3v) is 5.15. The van der Waals surface area contributed by atoms with Gasteiger partial charge in [-0.25, -0.2) is 0 Å². The molecule has 0 atom stereocenters. The number of allylic oxidation sites excluding steroid dienone is 1. The van der Waals surface area contributed by atoms with Gasteiger partial charge in [0.05, 0.1) is 5.57 Å². The Morgan fingerprint density at radius 3 is 2.07 bits per heavy atom. The molecule has 3 rings (SSSR count). The predicted octanol–water partition coefficient (Wildman–Crippen LogP) is 3.66. The fraction of sp³-hybridized carbons (Fsp3) is 0.200. The van der Waals surface area contributed by atoms with Gasteiger partial charge in [0.1, 0.15) is 0 Å². The van der Waals surface area contributed by atoms with Crippen molar-refractivity contribution < 1.29 is 10.2 Å². The molecule has 1 amide bonds. The Morgan fingerprint density at radius 1 is 1.00 bits per heavy atom. The lowest BCUT2D eigenvalue weighted by Gasteiger charge is -2.18. The fourth-order valence-electron chi connectivity index (χ4n) is 3.66. The van der Waals surface area contributed by atoms with Crippen LogP contribution in [0.25, 0.3) is 17.7 Å². The number of fused-ring (bicyclic) bond motifs is 2. The smallest absolute Gasteiger partial charge is 0.256 e. The zero-order valence-corrected chi connectivity index (χ0v) is 16.5. The second-order valence-corrected chi connectivity index (χ2v) is 6.76. The number of benzene rings is 2. The first-order chi connectivity index (χ1) is 13.7. The zero-order valence-electron chi connectivity index (χ0n) is 16.5. The summed E-state index contributed by atoms with van der Waals surface area (Å²) in [6.07, 6.45) is 9.16. The molecule has 1 aliphatic carbocycles. The monoisotopic (exact) mass is 371 g/mol. The Kier molecular flexibility index (Phi) is 6.38. The van der Waals surface area contributed by atoms with Gasteiger partial charge in [0.2, 0.25) is 0 Å². The first kappa shape index (κ1) is 19.6. The van der Waals surface area contributed by atoms with E-state index >= 15 is 0 Å². The number of carbonyl (C=O) groups excluding carboxylic acids is 1. The predicted molar refractivity (Wildman–Crippen MR) is 117 cm³/mol. The molecule has 0 fully saturated rings. The highest BCUT2D eigenvalue weighted by molar-refractivity contribution is 6.10. The van der Waals surface area contributed by atoms with Crippen LogP contribution in [0.2, 0.25) is 0 Å². The van der Waals surface area contributed by atoms with Gasteiger partial charge >= 0.3 is 0 Å². The lowest BCUT2D eigenvalue weighted by molar-refractivity contribution is -0.119. The maximum absolute atomic E-state index is 12.2. The standard InChI is InChI=1S/C25H26N2O/c1-3-18(15-16-27-25(28)19(4-2)17-26)24-22-11-7-5-9-20(22)13-14-21-10-6-8-12-23(21)24/h4-14,17,26H,3,15-16H2,1-2H3,(H,27,28)/p+1/b19-4+,26-17?. The Balaban J connectivity index is 1.98. The lowest BCUT2D eigenvalue weighted by Crippen LogP contribution is -2.36. The fourth-order valence-corrected chi connectivity index (χ4v) is 3.66. The van der Waals surface area contributed by atoms with Crippen LogP contribution < -0.4 is 10.7 Å². The van der Waals surface area contributed by atoms with E-state index in [-0.39, 0.29) is 5.91 Å². The Bertz CT molecular complexity index is 928. The Labute approximate surface area is 167 Å². The largest absolute Gasteiger partial charge is 0.352 e. The van der Waals surface area contributed by atoms with Crippen LogP contribution in [0.15, 0.2) is 65.8 Å². The zero-order chi connectivity index (χ0) is 19.9. The summed E-state index contributed by atoms with van der Waals surface area (Å²) in [5, 5.41) is 8.50. The minimum atomic E-state index is -0.131. The van der Waals surface area contributed by atoms with Gasteiger partial charge in [-0.1, -0.05) is 79.3 Å². The van der Waals surface area contributed by atoms with Crippen LogP contribution in [0, 0.1) is 0 Å². The molecule has 3 nitrogen and oxygen atoms in total. The number of carbonyl (C=O) groups is 1. The van der Waals surface area contributed by atoms with E-state index in [2.05, 4.69) is 72.9 Å². The van der Waals surface area contributed by atoms with Crippen LogP contribution in [-0.2, 0) is 4.79 Å². The molecule has 2 aromatic rings. The molecule has 0 saturated carbocycles. The molecule has 0 unspecified atom stereocenters. The molecule has 142 valence electrons. The number of hydrogen-bond donors (Lipinski definition) is 2. The Morgan fingerprint density at radius 2 is 1.57 bits per heavy atom. The molecule has 28 heavy (non-hydrogen) atoms. The van der Waals surface area contributed by atoms with Crippen molar-refractivity contribution in [1.82, 2.24) is 5.32 Å². The normalized spacial score (nSPS) is 12.6. The third-order valence-electron chi connectivity index (χ3n) is 5.15. The Hall–Kier alpha value is -3.20. The summed E-state index contributed by atoms with van der Waals surface area (Å²) in [6, 6.07) is 17.0. The van der Waals surface area contributed by atoms with Crippen LogP contribution in [0.3, 0.4) is 0 Å². The quantitative estimate of drug-likeness (QED) is 0.504. The molecule has 0 aromatic heterocycles. The second kappa shape index (κ2) is 9.14. The van der Waals surface area contributed by atoms with Gasteiger partial charge in [0, 0.05) is 6.54 Å². The van der Waals surface area contributed by atoms with E-state index in [1.165, 1.54) is 39.6 Å². The van der Waals surface area contributed by atoms with Crippen LogP contribution >= 0.6 is 0 Å². The number of hydrogen-bond acceptors (Lipinski definition) is 1. The maximum atomic E-state index is 12.2. The molecule has 3 heteroatoms. The van der Waals surface area contributed by atoms with Gasteiger partial charge in [-0.2, -0.15) is 0 Å². The highest BCUT2D eigenvalue weighted by Crippen LogP contribution is 2.37. The molecular formula is C25H27N2O+. The number of nitrogens with one attached hydrogen (secondary N) is 1. The minimum Gasteiger partial charge on any atom is -0.352 e. The van der Waals surface area contributed by atoms with Crippen molar-refractivity contribution in [3.8, 4) is 0 Å². The summed E-state index contributed by atoms with van der Waals surface area (Å²) in [4.78, 5) is 12.2. The van der Waals surface area contributed by atoms with Gasteiger partial charge in [-0.15, -0.1) is 0 Å². The van der Waals surface area contributed by atoms with Crippen molar-refractivity contribution >= 4 is 29.8 Å². The van der Waals surface area contributed by atoms with E-state index in [1.54, 1.807) is 6.08 Å². The molecule has 0 aliphatic heterocycles. The van der Waals surface area contributed by atoms with Crippen molar-refractivity contribution in [3.05, 3.63) is 88.0 Å². The average molecular weight is 372 g/mol. The van der Waals surface area contributed by atoms with E-state index in [0.717, 1.165) is 12.8 Å². The summed E-state index contributed by atoms with van der Waals surface area (Å²) in [5.41, 5.74) is 8.05. The second-order valence-electron chi connectivity index (χ2n) is 6.76. The van der Waals surface area contributed by atoms with E-state index in [0.29, 0.717) is 12.1 Å². The molecular weight excluding hydrogens is 344 g/mol. The van der Waals surface area contributed by atoms with Crippen molar-refractivity contribution in [2.75, 3.05) is 6.54 Å². The first-order valence-electron chi connectivity index (χ1n) is 9.78. The summed E-state index contributed by atoms with van der Waals surface area (Å²) in [7, 11) is 0. The summed E-state index contributed by atoms with van der Waals surface area (Å²) in [6.45, 7) is 4.57. The highest BCUT2D eigenvalue weighted by atomic mass is 16.1. The van der Waals surface area contributed by atoms with Gasteiger partial charge in [0.25, 0.3) is 5.91 Å². The minimum absolute atomic E-state index is 0.131. The van der Waals surface area contributed by atoms with Gasteiger partial charge in [-0.05, 0) is 47.6 Å². The highest BCUT2D eigenvalue weighted by Gasteiger charge is 2.18. The summed E-state index contributed by atoms with van der Waals surface area (Å²) < 4.78 is 0. The lowest BCUT2D eigenvalue weighted by atomic mass is 9.87.